The van der Waals surface area contributed by atoms with Crippen LogP contribution in [0.2, 0.25) is 0 Å². The number of benzene rings is 2. The third-order valence-corrected chi connectivity index (χ3v) is 4.11. The molecule has 0 bridgehead atoms. The quantitative estimate of drug-likeness (QED) is 0.680. The van der Waals surface area contributed by atoms with Crippen molar-refractivity contribution in [2.75, 3.05) is 17.4 Å². The fourth-order valence-corrected chi connectivity index (χ4v) is 3.03. The van der Waals surface area contributed by atoms with E-state index in [9.17, 15) is 4.79 Å². The topological polar surface area (TPSA) is 44.7 Å². The molecule has 116 valence electrons. The zero-order valence-electron chi connectivity index (χ0n) is 13.0. The first-order valence-corrected chi connectivity index (χ1v) is 7.57. The second-order valence-electron chi connectivity index (χ2n) is 5.37. The van der Waals surface area contributed by atoms with Crippen LogP contribution in [-0.4, -0.2) is 25.1 Å². The van der Waals surface area contributed by atoms with Crippen molar-refractivity contribution in [1.82, 2.24) is 0 Å². The molecule has 4 nitrogen and oxygen atoms in total. The van der Waals surface area contributed by atoms with E-state index in [4.69, 9.17) is 0 Å². The van der Waals surface area contributed by atoms with Gasteiger partial charge in [-0.15, -0.1) is 6.58 Å². The third kappa shape index (κ3) is 2.63. The lowest BCUT2D eigenvalue weighted by molar-refractivity contribution is -0.102. The molecule has 1 N–H and O–H groups in total. The predicted octanol–water partition coefficient (Wildman–Crippen LogP) is 3.44. The van der Waals surface area contributed by atoms with E-state index in [-0.39, 0.29) is 12.0 Å². The zero-order chi connectivity index (χ0) is 16.2. The lowest BCUT2D eigenvalue weighted by Crippen LogP contribution is -2.30. The van der Waals surface area contributed by atoms with E-state index in [2.05, 4.69) is 17.0 Å². The average Bonchev–Trinajstić information content (AvgIpc) is 3.00. The molecule has 0 saturated heterocycles. The van der Waals surface area contributed by atoms with Crippen molar-refractivity contribution in [1.29, 1.82) is 0 Å². The van der Waals surface area contributed by atoms with Crippen LogP contribution in [0.15, 0.2) is 72.4 Å². The van der Waals surface area contributed by atoms with Gasteiger partial charge in [0.2, 0.25) is 0 Å². The van der Waals surface area contributed by atoms with E-state index in [0.29, 0.717) is 5.71 Å². The highest BCUT2D eigenvalue weighted by atomic mass is 16.1. The molecular weight excluding hydrogens is 286 g/mol. The first-order chi connectivity index (χ1) is 11.3. The largest absolute Gasteiger partial charge is 0.386 e. The van der Waals surface area contributed by atoms with E-state index in [1.54, 1.807) is 0 Å². The lowest BCUT2D eigenvalue weighted by atomic mass is 9.88. The number of hydrogen-bond acceptors (Lipinski definition) is 4. The number of nitrogens with zero attached hydrogens (tertiary/aromatic N) is 2. The number of para-hydroxylation sites is 2. The number of anilines is 2. The van der Waals surface area contributed by atoms with Crippen molar-refractivity contribution in [3.8, 4) is 0 Å². The maximum atomic E-state index is 11.6. The number of rotatable bonds is 5. The molecule has 2 aromatic carbocycles. The zero-order valence-corrected chi connectivity index (χ0v) is 13.0. The highest BCUT2D eigenvalue weighted by Crippen LogP contribution is 2.37. The van der Waals surface area contributed by atoms with E-state index in [1.165, 1.54) is 0 Å². The Balaban J connectivity index is 2.08. The van der Waals surface area contributed by atoms with Crippen LogP contribution in [0.4, 0.5) is 11.4 Å². The molecule has 1 aliphatic heterocycles. The van der Waals surface area contributed by atoms with Crippen LogP contribution in [0.3, 0.4) is 0 Å². The van der Waals surface area contributed by atoms with E-state index >= 15 is 0 Å². The summed E-state index contributed by atoms with van der Waals surface area (Å²) < 4.78 is 0. The first-order valence-electron chi connectivity index (χ1n) is 7.57. The number of aldehydes is 1. The molecule has 23 heavy (non-hydrogen) atoms. The van der Waals surface area contributed by atoms with Crippen LogP contribution >= 0.6 is 0 Å². The minimum Gasteiger partial charge on any atom is -0.386 e. The summed E-state index contributed by atoms with van der Waals surface area (Å²) in [7, 11) is 1.87. The predicted molar refractivity (Wildman–Crippen MR) is 95.1 cm³/mol. The van der Waals surface area contributed by atoms with Crippen LogP contribution < -0.4 is 10.3 Å². The van der Waals surface area contributed by atoms with Crippen LogP contribution in [0.5, 0.6) is 0 Å². The molecule has 1 aliphatic rings. The molecule has 0 aliphatic carbocycles. The number of carbonyl (C=O) groups is 1. The third-order valence-electron chi connectivity index (χ3n) is 4.11. The molecule has 0 spiro atoms. The molecule has 1 heterocycles. The molecule has 0 saturated carbocycles. The Kier molecular flexibility index (Phi) is 4.24. The van der Waals surface area contributed by atoms with Crippen molar-refractivity contribution in [3.05, 3.63) is 72.8 Å². The Morgan fingerprint density at radius 2 is 1.83 bits per heavy atom. The molecule has 0 radical (unpaired) electrons. The Hall–Kier alpha value is -2.88. The van der Waals surface area contributed by atoms with Crippen LogP contribution in [0.25, 0.3) is 0 Å². The fourth-order valence-electron chi connectivity index (χ4n) is 3.03. The molecule has 2 aromatic rings. The Labute approximate surface area is 136 Å². The lowest BCUT2D eigenvalue weighted by Gasteiger charge is -2.27. The number of hydrogen-bond donors (Lipinski definition) is 1. The van der Waals surface area contributed by atoms with Gasteiger partial charge < -0.3 is 5.32 Å². The van der Waals surface area contributed by atoms with Gasteiger partial charge in [-0.2, -0.15) is 5.10 Å². The number of carbonyl (C=O) groups excluding carboxylic acids is 1. The van der Waals surface area contributed by atoms with Gasteiger partial charge in [-0.25, -0.2) is 0 Å². The molecule has 2 unspecified atom stereocenters. The highest BCUT2D eigenvalue weighted by Gasteiger charge is 2.37. The van der Waals surface area contributed by atoms with Gasteiger partial charge in [-0.3, -0.25) is 9.80 Å². The summed E-state index contributed by atoms with van der Waals surface area (Å²) in [6.07, 6.45) is 2.69. The fraction of sp³-hybridized carbons (Fsp3) is 0.158. The van der Waals surface area contributed by atoms with Gasteiger partial charge in [-0.05, 0) is 17.7 Å². The van der Waals surface area contributed by atoms with Gasteiger partial charge in [0.15, 0.2) is 6.29 Å². The molecule has 0 aromatic heterocycles. The summed E-state index contributed by atoms with van der Waals surface area (Å²) in [5.41, 5.74) is 3.47. The maximum Gasteiger partial charge on any atom is 0.166 e. The summed E-state index contributed by atoms with van der Waals surface area (Å²) >= 11 is 0. The average molecular weight is 305 g/mol. The van der Waals surface area contributed by atoms with Crippen molar-refractivity contribution in [2.45, 2.75) is 12.0 Å². The number of nitrogens with one attached hydrogen (secondary N) is 1. The van der Waals surface area contributed by atoms with Gasteiger partial charge in [0.25, 0.3) is 0 Å². The highest BCUT2D eigenvalue weighted by molar-refractivity contribution is 6.32. The molecule has 0 fully saturated rings. The summed E-state index contributed by atoms with van der Waals surface area (Å²) in [6, 6.07) is 17.8. The van der Waals surface area contributed by atoms with Gasteiger partial charge in [0.05, 0.1) is 23.3 Å². The van der Waals surface area contributed by atoms with E-state index < -0.39 is 0 Å². The van der Waals surface area contributed by atoms with Crippen molar-refractivity contribution >= 4 is 23.4 Å². The molecule has 4 heteroatoms. The van der Waals surface area contributed by atoms with Gasteiger partial charge >= 0.3 is 0 Å². The SMILES string of the molecule is C=CC1C(c2ccccc2)C(C=O)=NN1c1ccccc1NC. The second-order valence-corrected chi connectivity index (χ2v) is 5.37. The maximum absolute atomic E-state index is 11.6. The van der Waals surface area contributed by atoms with Gasteiger partial charge in [0.1, 0.15) is 5.71 Å². The van der Waals surface area contributed by atoms with Crippen LogP contribution in [0.1, 0.15) is 11.5 Å². The minimum absolute atomic E-state index is 0.105. The summed E-state index contributed by atoms with van der Waals surface area (Å²) in [5.74, 6) is -0.115. The monoisotopic (exact) mass is 305 g/mol. The van der Waals surface area contributed by atoms with E-state index in [0.717, 1.165) is 23.2 Å². The molecular formula is C19H19N3O. The Bertz CT molecular complexity index is 739. The molecule has 2 atom stereocenters. The van der Waals surface area contributed by atoms with Crippen LogP contribution in [0, 0.1) is 0 Å². The Morgan fingerprint density at radius 3 is 2.48 bits per heavy atom. The standard InChI is InChI=1S/C19H19N3O/c1-3-17-19(14-9-5-4-6-10-14)16(13-23)21-22(17)18-12-8-7-11-15(18)20-2/h3-13,17,19-20H,1H2,2H3. The summed E-state index contributed by atoms with van der Waals surface area (Å²) in [6.45, 7) is 3.97. The molecule has 0 amide bonds. The summed E-state index contributed by atoms with van der Waals surface area (Å²) in [4.78, 5) is 11.6. The minimum atomic E-state index is -0.115. The van der Waals surface area contributed by atoms with E-state index in [1.807, 2.05) is 72.7 Å². The number of hydrazone groups is 1. The normalized spacial score (nSPS) is 20.0. The Morgan fingerprint density at radius 1 is 1.13 bits per heavy atom. The van der Waals surface area contributed by atoms with Crippen molar-refractivity contribution in [3.63, 3.8) is 0 Å². The summed E-state index contributed by atoms with van der Waals surface area (Å²) in [5, 5.41) is 9.61. The van der Waals surface area contributed by atoms with Gasteiger partial charge in [-0.1, -0.05) is 48.5 Å². The van der Waals surface area contributed by atoms with Crippen molar-refractivity contribution < 1.29 is 4.79 Å². The second kappa shape index (κ2) is 6.48. The molecule has 3 rings (SSSR count). The van der Waals surface area contributed by atoms with Crippen LogP contribution in [-0.2, 0) is 4.79 Å². The van der Waals surface area contributed by atoms with Crippen molar-refractivity contribution in [2.24, 2.45) is 5.10 Å². The first kappa shape index (κ1) is 15.0. The smallest absolute Gasteiger partial charge is 0.166 e. The van der Waals surface area contributed by atoms with Gasteiger partial charge in [0, 0.05) is 7.05 Å².